The lowest BCUT2D eigenvalue weighted by atomic mass is 9.92. The van der Waals surface area contributed by atoms with Crippen molar-refractivity contribution in [2.24, 2.45) is 0 Å². The first-order valence-corrected chi connectivity index (χ1v) is 12.7. The van der Waals surface area contributed by atoms with Gasteiger partial charge in [0.25, 0.3) is 10.0 Å². The summed E-state index contributed by atoms with van der Waals surface area (Å²) in [7, 11) is -4.09. The summed E-state index contributed by atoms with van der Waals surface area (Å²) in [5.74, 6) is 0.103. The smallest absolute Gasteiger partial charge is 0.264 e. The third-order valence-electron chi connectivity index (χ3n) is 6.46. The highest BCUT2D eigenvalue weighted by Gasteiger charge is 2.54. The Morgan fingerprint density at radius 1 is 1.21 bits per heavy atom. The average molecular weight is 467 g/mol. The minimum absolute atomic E-state index is 0.0409. The Kier molecular flexibility index (Phi) is 5.58. The number of fused-ring (bicyclic) bond motifs is 1. The molecular weight excluding hydrogens is 440 g/mol. The molecule has 8 heteroatoms. The number of rotatable bonds is 7. The van der Waals surface area contributed by atoms with Gasteiger partial charge in [0, 0.05) is 23.6 Å². The Balaban J connectivity index is 1.47. The number of carbonyl (C=O) groups excluding carboxylic acids is 1. The van der Waals surface area contributed by atoms with E-state index in [9.17, 15) is 13.2 Å². The predicted octanol–water partition coefficient (Wildman–Crippen LogP) is 3.50. The maximum absolute atomic E-state index is 13.5. The molecule has 1 atom stereocenters. The van der Waals surface area contributed by atoms with Gasteiger partial charge in [-0.05, 0) is 55.2 Å². The van der Waals surface area contributed by atoms with E-state index >= 15 is 0 Å². The minimum atomic E-state index is -4.09. The van der Waals surface area contributed by atoms with Crippen molar-refractivity contribution in [3.63, 3.8) is 0 Å². The highest BCUT2D eigenvalue weighted by Crippen LogP contribution is 2.52. The molecule has 172 valence electrons. The zero-order valence-corrected chi connectivity index (χ0v) is 19.2. The van der Waals surface area contributed by atoms with Gasteiger partial charge in [-0.1, -0.05) is 25.1 Å². The van der Waals surface area contributed by atoms with Gasteiger partial charge in [-0.3, -0.25) is 9.78 Å². The van der Waals surface area contributed by atoms with E-state index in [1.165, 1.54) is 6.07 Å². The van der Waals surface area contributed by atoms with Crippen LogP contribution < -0.4 is 9.46 Å². The van der Waals surface area contributed by atoms with Crippen molar-refractivity contribution in [1.82, 2.24) is 9.71 Å². The standard InChI is InChI=1S/C25H26N2O5S/c1-2-17-8-9-22(32-18-10-14-31-16-18)20(15-17)25(11-12-25)24(28)27-33(29,30)23-7-3-6-21-19(23)5-4-13-26-21/h3-9,13,15,18H,2,10-12,14,16H2,1H3,(H,27,28)/t18-/m1/s1. The highest BCUT2D eigenvalue weighted by molar-refractivity contribution is 7.90. The number of ether oxygens (including phenoxy) is 2. The molecule has 0 bridgehead atoms. The molecule has 0 spiro atoms. The van der Waals surface area contributed by atoms with Crippen molar-refractivity contribution in [2.75, 3.05) is 13.2 Å². The van der Waals surface area contributed by atoms with E-state index in [0.29, 0.717) is 42.7 Å². The van der Waals surface area contributed by atoms with Gasteiger partial charge in [-0.15, -0.1) is 0 Å². The van der Waals surface area contributed by atoms with Crippen LogP contribution in [0.15, 0.2) is 59.6 Å². The molecule has 7 nitrogen and oxygen atoms in total. The molecule has 33 heavy (non-hydrogen) atoms. The Hall–Kier alpha value is -2.97. The Bertz CT molecular complexity index is 1310. The first-order valence-electron chi connectivity index (χ1n) is 11.2. The fourth-order valence-electron chi connectivity index (χ4n) is 4.39. The van der Waals surface area contributed by atoms with Crippen molar-refractivity contribution in [3.05, 3.63) is 65.9 Å². The molecule has 1 N–H and O–H groups in total. The van der Waals surface area contributed by atoms with Gasteiger partial charge in [0.1, 0.15) is 11.9 Å². The molecule has 2 heterocycles. The van der Waals surface area contributed by atoms with Gasteiger partial charge >= 0.3 is 0 Å². The molecule has 0 unspecified atom stereocenters. The predicted molar refractivity (Wildman–Crippen MR) is 124 cm³/mol. The van der Waals surface area contributed by atoms with Gasteiger partial charge in [0.05, 0.1) is 29.0 Å². The maximum Gasteiger partial charge on any atom is 0.264 e. The third kappa shape index (κ3) is 4.09. The SMILES string of the molecule is CCc1ccc(O[C@@H]2CCOC2)c(C2(C(=O)NS(=O)(=O)c3cccc4ncccc34)CC2)c1. The van der Waals surface area contributed by atoms with Gasteiger partial charge < -0.3 is 9.47 Å². The first kappa shape index (κ1) is 21.9. The molecule has 1 amide bonds. The summed E-state index contributed by atoms with van der Waals surface area (Å²) in [6, 6.07) is 14.1. The zero-order valence-electron chi connectivity index (χ0n) is 18.4. The van der Waals surface area contributed by atoms with Crippen LogP contribution >= 0.6 is 0 Å². The largest absolute Gasteiger partial charge is 0.488 e. The lowest BCUT2D eigenvalue weighted by Crippen LogP contribution is -2.39. The van der Waals surface area contributed by atoms with E-state index in [1.807, 2.05) is 25.1 Å². The number of carbonyl (C=O) groups is 1. The quantitative estimate of drug-likeness (QED) is 0.573. The van der Waals surface area contributed by atoms with E-state index in [0.717, 1.165) is 24.0 Å². The summed E-state index contributed by atoms with van der Waals surface area (Å²) >= 11 is 0. The number of hydrogen-bond acceptors (Lipinski definition) is 6. The molecule has 1 saturated carbocycles. The number of amides is 1. The van der Waals surface area contributed by atoms with Crippen molar-refractivity contribution >= 4 is 26.8 Å². The molecule has 1 aliphatic carbocycles. The molecule has 2 aromatic carbocycles. The zero-order chi connectivity index (χ0) is 23.1. The number of benzene rings is 2. The first-order chi connectivity index (χ1) is 15.9. The third-order valence-corrected chi connectivity index (χ3v) is 7.85. The maximum atomic E-state index is 13.5. The fourth-order valence-corrected chi connectivity index (χ4v) is 5.66. The molecule has 1 aromatic heterocycles. The van der Waals surface area contributed by atoms with E-state index in [-0.39, 0.29) is 11.0 Å². The van der Waals surface area contributed by atoms with Crippen molar-refractivity contribution in [1.29, 1.82) is 0 Å². The van der Waals surface area contributed by atoms with Crippen LogP contribution in [0, 0.1) is 0 Å². The summed E-state index contributed by atoms with van der Waals surface area (Å²) in [4.78, 5) is 17.7. The van der Waals surface area contributed by atoms with Crippen LogP contribution in [0.3, 0.4) is 0 Å². The van der Waals surface area contributed by atoms with Crippen LogP contribution in [0.5, 0.6) is 5.75 Å². The van der Waals surface area contributed by atoms with Crippen molar-refractivity contribution in [3.8, 4) is 5.75 Å². The molecule has 3 aromatic rings. The molecule has 1 saturated heterocycles. The van der Waals surface area contributed by atoms with Gasteiger partial charge in [0.15, 0.2) is 0 Å². The van der Waals surface area contributed by atoms with E-state index in [4.69, 9.17) is 9.47 Å². The number of nitrogens with zero attached hydrogens (tertiary/aromatic N) is 1. The van der Waals surface area contributed by atoms with E-state index in [2.05, 4.69) is 9.71 Å². The van der Waals surface area contributed by atoms with Gasteiger partial charge in [0.2, 0.25) is 5.91 Å². The number of pyridine rings is 1. The van der Waals surface area contributed by atoms with Crippen LogP contribution in [0.1, 0.15) is 37.3 Å². The normalized spacial score (nSPS) is 19.4. The number of aryl methyl sites for hydroxylation is 1. The summed E-state index contributed by atoms with van der Waals surface area (Å²) in [6.45, 7) is 3.21. The summed E-state index contributed by atoms with van der Waals surface area (Å²) < 4.78 is 40.4. The van der Waals surface area contributed by atoms with Crippen molar-refractivity contribution < 1.29 is 22.7 Å². The second-order valence-electron chi connectivity index (χ2n) is 8.63. The molecule has 1 aliphatic heterocycles. The Morgan fingerprint density at radius 2 is 2.06 bits per heavy atom. The molecule has 0 radical (unpaired) electrons. The lowest BCUT2D eigenvalue weighted by Gasteiger charge is -2.22. The summed E-state index contributed by atoms with van der Waals surface area (Å²) in [5.41, 5.74) is 1.46. The molecule has 2 fully saturated rings. The number of nitrogens with one attached hydrogen (secondary N) is 1. The van der Waals surface area contributed by atoms with E-state index < -0.39 is 21.3 Å². The topological polar surface area (TPSA) is 94.6 Å². The number of hydrogen-bond donors (Lipinski definition) is 1. The van der Waals surface area contributed by atoms with Gasteiger partial charge in [-0.25, -0.2) is 13.1 Å². The second-order valence-corrected chi connectivity index (χ2v) is 10.3. The monoisotopic (exact) mass is 466 g/mol. The number of aromatic nitrogens is 1. The Morgan fingerprint density at radius 3 is 2.79 bits per heavy atom. The lowest BCUT2D eigenvalue weighted by molar-refractivity contribution is -0.121. The molecular formula is C25H26N2O5S. The summed E-state index contributed by atoms with van der Waals surface area (Å²) in [5, 5.41) is 0.475. The summed E-state index contributed by atoms with van der Waals surface area (Å²) in [6.07, 6.45) is 4.26. The van der Waals surface area contributed by atoms with Crippen LogP contribution in [0.4, 0.5) is 0 Å². The van der Waals surface area contributed by atoms with Crippen molar-refractivity contribution in [2.45, 2.75) is 49.0 Å². The second kappa shape index (κ2) is 8.43. The van der Waals surface area contributed by atoms with Crippen LogP contribution in [-0.2, 0) is 31.4 Å². The van der Waals surface area contributed by atoms with E-state index in [1.54, 1.807) is 30.5 Å². The highest BCUT2D eigenvalue weighted by atomic mass is 32.2. The van der Waals surface area contributed by atoms with Crippen LogP contribution in [0.25, 0.3) is 10.9 Å². The Labute approximate surface area is 193 Å². The molecule has 5 rings (SSSR count). The number of sulfonamides is 1. The van der Waals surface area contributed by atoms with Gasteiger partial charge in [-0.2, -0.15) is 0 Å². The minimum Gasteiger partial charge on any atom is -0.488 e. The van der Waals surface area contributed by atoms with Crippen LogP contribution in [0.2, 0.25) is 0 Å². The molecule has 2 aliphatic rings. The fraction of sp³-hybridized carbons (Fsp3) is 0.360. The average Bonchev–Trinajstić information content (AvgIpc) is 3.48. The van der Waals surface area contributed by atoms with Crippen LogP contribution in [-0.4, -0.2) is 38.6 Å².